The number of nitrogens with zero attached hydrogens (tertiary/aromatic N) is 1. The molecule has 0 unspecified atom stereocenters. The van der Waals surface area contributed by atoms with Crippen molar-refractivity contribution in [3.8, 4) is 0 Å². The summed E-state index contributed by atoms with van der Waals surface area (Å²) in [7, 11) is 1.25. The second kappa shape index (κ2) is 4.95. The number of benzene rings is 1. The number of carbonyl (C=O) groups is 1. The molecular weight excluding hydrogens is 242 g/mol. The van der Waals surface area contributed by atoms with Crippen LogP contribution in [0.5, 0.6) is 0 Å². The Balaban J connectivity index is 2.21. The summed E-state index contributed by atoms with van der Waals surface area (Å²) in [4.78, 5) is 17.8. The highest BCUT2D eigenvalue weighted by molar-refractivity contribution is 5.86. The molecule has 0 saturated heterocycles. The summed E-state index contributed by atoms with van der Waals surface area (Å²) in [6, 6.07) is 3.91. The summed E-state index contributed by atoms with van der Waals surface area (Å²) < 4.78 is 30.9. The Kier molecular flexibility index (Phi) is 3.36. The Morgan fingerprint density at radius 3 is 2.94 bits per heavy atom. The molecule has 0 spiro atoms. The van der Waals surface area contributed by atoms with Crippen LogP contribution in [0.1, 0.15) is 21.9 Å². The lowest BCUT2D eigenvalue weighted by Gasteiger charge is -2.01. The number of aromatic amines is 1. The van der Waals surface area contributed by atoms with Gasteiger partial charge >= 0.3 is 5.97 Å². The summed E-state index contributed by atoms with van der Waals surface area (Å²) in [5.74, 6) is -2.02. The molecule has 18 heavy (non-hydrogen) atoms. The Labute approximate surface area is 102 Å². The molecular formula is C12H10F2N2O2. The minimum absolute atomic E-state index is 0.0700. The van der Waals surface area contributed by atoms with Crippen molar-refractivity contribution < 1.29 is 18.3 Å². The molecule has 0 atom stereocenters. The summed E-state index contributed by atoms with van der Waals surface area (Å²) in [5, 5.41) is 0. The Hall–Kier alpha value is -2.24. The molecule has 2 rings (SSSR count). The Morgan fingerprint density at radius 1 is 1.44 bits per heavy atom. The van der Waals surface area contributed by atoms with Crippen molar-refractivity contribution in [3.05, 3.63) is 53.1 Å². The van der Waals surface area contributed by atoms with E-state index in [0.29, 0.717) is 5.82 Å². The topological polar surface area (TPSA) is 55.0 Å². The van der Waals surface area contributed by atoms with Gasteiger partial charge in [-0.15, -0.1) is 0 Å². The van der Waals surface area contributed by atoms with Gasteiger partial charge in [-0.05, 0) is 11.6 Å². The summed E-state index contributed by atoms with van der Waals surface area (Å²) in [6.07, 6.45) is 1.36. The third-order valence-electron chi connectivity index (χ3n) is 2.42. The number of imidazole rings is 1. The average molecular weight is 252 g/mol. The zero-order valence-corrected chi connectivity index (χ0v) is 9.54. The van der Waals surface area contributed by atoms with Gasteiger partial charge in [0.05, 0.1) is 13.3 Å². The van der Waals surface area contributed by atoms with Gasteiger partial charge in [0.2, 0.25) is 0 Å². The lowest BCUT2D eigenvalue weighted by Crippen LogP contribution is -2.02. The maximum absolute atomic E-state index is 13.4. The van der Waals surface area contributed by atoms with Gasteiger partial charge < -0.3 is 9.72 Å². The number of H-pyrrole nitrogens is 1. The monoisotopic (exact) mass is 252 g/mol. The van der Waals surface area contributed by atoms with Crippen LogP contribution in [0, 0.1) is 11.6 Å². The van der Waals surface area contributed by atoms with Crippen LogP contribution in [0.3, 0.4) is 0 Å². The molecule has 1 aromatic heterocycles. The minimum atomic E-state index is -0.910. The molecule has 2 aromatic rings. The fourth-order valence-corrected chi connectivity index (χ4v) is 1.53. The first kappa shape index (κ1) is 12.2. The number of hydrogen-bond donors (Lipinski definition) is 1. The van der Waals surface area contributed by atoms with E-state index in [-0.39, 0.29) is 17.7 Å². The lowest BCUT2D eigenvalue weighted by molar-refractivity contribution is 0.0594. The number of nitrogens with one attached hydrogen (secondary N) is 1. The molecule has 6 heteroatoms. The highest BCUT2D eigenvalue weighted by Gasteiger charge is 2.12. The van der Waals surface area contributed by atoms with Crippen LogP contribution in [0.2, 0.25) is 0 Å². The van der Waals surface area contributed by atoms with Crippen LogP contribution in [-0.2, 0) is 11.2 Å². The van der Waals surface area contributed by atoms with Gasteiger partial charge in [0.1, 0.15) is 11.5 Å². The quantitative estimate of drug-likeness (QED) is 0.851. The zero-order chi connectivity index (χ0) is 13.1. The van der Waals surface area contributed by atoms with Crippen LogP contribution in [0.15, 0.2) is 24.4 Å². The molecule has 1 heterocycles. The van der Waals surface area contributed by atoms with Gasteiger partial charge in [-0.25, -0.2) is 18.6 Å². The molecule has 0 amide bonds. The minimum Gasteiger partial charge on any atom is -0.464 e. The van der Waals surface area contributed by atoms with Crippen molar-refractivity contribution >= 4 is 5.97 Å². The molecule has 0 aliphatic heterocycles. The Morgan fingerprint density at radius 2 is 2.22 bits per heavy atom. The number of halogens is 2. The summed E-state index contributed by atoms with van der Waals surface area (Å²) in [6.45, 7) is 0. The maximum Gasteiger partial charge on any atom is 0.356 e. The van der Waals surface area contributed by atoms with Crippen molar-refractivity contribution in [3.63, 3.8) is 0 Å². The summed E-state index contributed by atoms with van der Waals surface area (Å²) in [5.41, 5.74) is 0.338. The predicted molar refractivity (Wildman–Crippen MR) is 59.1 cm³/mol. The van der Waals surface area contributed by atoms with Gasteiger partial charge in [0, 0.05) is 6.42 Å². The number of aromatic nitrogens is 2. The second-order valence-corrected chi connectivity index (χ2v) is 3.62. The standard InChI is InChI=1S/C12H10F2N2O2/c1-18-12(17)9-6-15-10(16-9)5-7-3-2-4-8(13)11(7)14/h2-4,6H,5H2,1H3,(H,15,16). The van der Waals surface area contributed by atoms with Crippen LogP contribution in [0.25, 0.3) is 0 Å². The van der Waals surface area contributed by atoms with E-state index < -0.39 is 17.6 Å². The first-order chi connectivity index (χ1) is 8.61. The van der Waals surface area contributed by atoms with E-state index in [1.807, 2.05) is 0 Å². The molecule has 0 saturated carbocycles. The summed E-state index contributed by atoms with van der Waals surface area (Å²) >= 11 is 0. The van der Waals surface area contributed by atoms with Crippen molar-refractivity contribution in [2.24, 2.45) is 0 Å². The third kappa shape index (κ3) is 2.37. The van der Waals surface area contributed by atoms with Gasteiger partial charge in [-0.2, -0.15) is 0 Å². The van der Waals surface area contributed by atoms with Gasteiger partial charge in [-0.3, -0.25) is 0 Å². The van der Waals surface area contributed by atoms with Gasteiger partial charge in [0.15, 0.2) is 11.6 Å². The fraction of sp³-hybridized carbons (Fsp3) is 0.167. The number of esters is 1. The smallest absolute Gasteiger partial charge is 0.356 e. The van der Waals surface area contributed by atoms with E-state index in [1.54, 1.807) is 0 Å². The normalized spacial score (nSPS) is 10.4. The first-order valence-corrected chi connectivity index (χ1v) is 5.17. The van der Waals surface area contributed by atoms with Crippen molar-refractivity contribution in [1.82, 2.24) is 9.97 Å². The van der Waals surface area contributed by atoms with Crippen LogP contribution >= 0.6 is 0 Å². The van der Waals surface area contributed by atoms with Crippen molar-refractivity contribution in [1.29, 1.82) is 0 Å². The molecule has 1 aromatic carbocycles. The Bertz CT molecular complexity index is 581. The largest absolute Gasteiger partial charge is 0.464 e. The van der Waals surface area contributed by atoms with Gasteiger partial charge in [0.25, 0.3) is 0 Å². The molecule has 4 nitrogen and oxygen atoms in total. The van der Waals surface area contributed by atoms with E-state index in [2.05, 4.69) is 14.7 Å². The van der Waals surface area contributed by atoms with Gasteiger partial charge in [-0.1, -0.05) is 12.1 Å². The van der Waals surface area contributed by atoms with E-state index in [4.69, 9.17) is 0 Å². The highest BCUT2D eigenvalue weighted by atomic mass is 19.2. The second-order valence-electron chi connectivity index (χ2n) is 3.62. The third-order valence-corrected chi connectivity index (χ3v) is 2.42. The molecule has 0 fully saturated rings. The van der Waals surface area contributed by atoms with Crippen LogP contribution in [0.4, 0.5) is 8.78 Å². The number of rotatable bonds is 3. The molecule has 0 bridgehead atoms. The van der Waals surface area contributed by atoms with E-state index in [0.717, 1.165) is 6.07 Å². The molecule has 0 aliphatic carbocycles. The number of ether oxygens (including phenoxy) is 1. The van der Waals surface area contributed by atoms with Crippen molar-refractivity contribution in [2.75, 3.05) is 7.11 Å². The van der Waals surface area contributed by atoms with Crippen LogP contribution < -0.4 is 0 Å². The lowest BCUT2D eigenvalue weighted by atomic mass is 10.1. The van der Waals surface area contributed by atoms with Crippen LogP contribution in [-0.4, -0.2) is 23.0 Å². The maximum atomic E-state index is 13.4. The average Bonchev–Trinajstić information content (AvgIpc) is 2.82. The number of methoxy groups -OCH3 is 1. The van der Waals surface area contributed by atoms with E-state index in [1.165, 1.54) is 25.4 Å². The molecule has 0 aliphatic rings. The fourth-order valence-electron chi connectivity index (χ4n) is 1.53. The van der Waals surface area contributed by atoms with E-state index >= 15 is 0 Å². The zero-order valence-electron chi connectivity index (χ0n) is 9.54. The number of hydrogen-bond acceptors (Lipinski definition) is 3. The number of carbonyl (C=O) groups excluding carboxylic acids is 1. The molecule has 0 radical (unpaired) electrons. The predicted octanol–water partition coefficient (Wildman–Crippen LogP) is 2.07. The van der Waals surface area contributed by atoms with Crippen molar-refractivity contribution in [2.45, 2.75) is 6.42 Å². The molecule has 1 N–H and O–H groups in total. The SMILES string of the molecule is COC(=O)c1cnc(Cc2cccc(F)c2F)[nH]1. The van der Waals surface area contributed by atoms with E-state index in [9.17, 15) is 13.6 Å². The highest BCUT2D eigenvalue weighted by Crippen LogP contribution is 2.14. The first-order valence-electron chi connectivity index (χ1n) is 5.17. The molecule has 94 valence electrons.